The van der Waals surface area contributed by atoms with Gasteiger partial charge in [-0.05, 0) is 12.1 Å². The maximum atomic E-state index is 7.03. The van der Waals surface area contributed by atoms with E-state index in [1.165, 1.54) is 6.21 Å². The van der Waals surface area contributed by atoms with Crippen LogP contribution in [-0.4, -0.2) is 18.2 Å². The third-order valence-electron chi connectivity index (χ3n) is 1.35. The minimum atomic E-state index is 0.462. The highest BCUT2D eigenvalue weighted by Gasteiger charge is 2.03. The van der Waals surface area contributed by atoms with E-state index >= 15 is 0 Å². The molecule has 0 fully saturated rings. The van der Waals surface area contributed by atoms with E-state index in [9.17, 15) is 0 Å². The van der Waals surface area contributed by atoms with Crippen LogP contribution in [-0.2, 0) is 0 Å². The molecule has 3 N–H and O–H groups in total. The first-order valence-electron chi connectivity index (χ1n) is 3.24. The Morgan fingerprint density at radius 3 is 2.91 bits per heavy atom. The van der Waals surface area contributed by atoms with Gasteiger partial charge in [0, 0.05) is 6.21 Å². The predicted octanol–water partition coefficient (Wildman–Crippen LogP) is 0.557. The van der Waals surface area contributed by atoms with Crippen molar-refractivity contribution in [2.45, 2.75) is 0 Å². The summed E-state index contributed by atoms with van der Waals surface area (Å²) in [5.41, 5.74) is 0.789. The first-order valence-corrected chi connectivity index (χ1v) is 3.62. The number of nitrogens with zero attached hydrogens (tertiary/aromatic N) is 1. The summed E-state index contributed by atoms with van der Waals surface area (Å²) in [4.78, 5) is 4.02. The van der Waals surface area contributed by atoms with E-state index in [0.717, 1.165) is 11.4 Å². The van der Waals surface area contributed by atoms with Crippen LogP contribution in [0.2, 0.25) is 5.15 Å². The first-order chi connectivity index (χ1) is 5.27. The molecular weight excluding hydrogens is 162 g/mol. The average Bonchev–Trinajstić information content (AvgIpc) is 2.04. The van der Waals surface area contributed by atoms with E-state index in [2.05, 4.69) is 4.98 Å². The molecule has 4 heteroatoms. The molecule has 0 radical (unpaired) electrons. The lowest BCUT2D eigenvalue weighted by molar-refractivity contribution is -0.543. The van der Waals surface area contributed by atoms with Crippen molar-refractivity contribution in [1.29, 1.82) is 5.41 Å². The van der Waals surface area contributed by atoms with E-state index in [0.29, 0.717) is 5.15 Å². The lowest BCUT2D eigenvalue weighted by Crippen LogP contribution is -2.73. The number of hydrogen-bond donors (Lipinski definition) is 2. The van der Waals surface area contributed by atoms with Crippen LogP contribution in [0.5, 0.6) is 0 Å². The summed E-state index contributed by atoms with van der Waals surface area (Å²) >= 11 is 5.65. The Bertz CT molecular complexity index is 272. The number of halogens is 1. The summed E-state index contributed by atoms with van der Waals surface area (Å²) in [5, 5.41) is 9.32. The van der Waals surface area contributed by atoms with Gasteiger partial charge in [-0.2, -0.15) is 4.98 Å². The zero-order chi connectivity index (χ0) is 8.27. The van der Waals surface area contributed by atoms with Gasteiger partial charge in [-0.25, -0.2) is 0 Å². The molecule has 0 aliphatic heterocycles. The molecular formula is C7H9ClN3+. The smallest absolute Gasteiger partial charge is 0.234 e. The van der Waals surface area contributed by atoms with Crippen LogP contribution in [0.4, 0.5) is 5.82 Å². The Balaban J connectivity index is 3.16. The monoisotopic (exact) mass is 170 g/mol. The second-order valence-corrected chi connectivity index (χ2v) is 2.43. The standard InChI is InChI=1S/C7H8ClN3/c1-10-7-5(4-9)2-3-6(8)11-7/h2-4,9H,1H3,(H,10,11)/p+1. The highest BCUT2D eigenvalue weighted by Crippen LogP contribution is 2.09. The highest BCUT2D eigenvalue weighted by atomic mass is 35.5. The number of hydrogen-bond acceptors (Lipinski definition) is 2. The maximum absolute atomic E-state index is 7.03. The maximum Gasteiger partial charge on any atom is 0.234 e. The Morgan fingerprint density at radius 2 is 2.36 bits per heavy atom. The molecule has 0 spiro atoms. The summed E-state index contributed by atoms with van der Waals surface area (Å²) in [5.74, 6) is 0.757. The molecule has 3 nitrogen and oxygen atoms in total. The fourth-order valence-electron chi connectivity index (χ4n) is 0.814. The van der Waals surface area contributed by atoms with Crippen LogP contribution in [0.25, 0.3) is 0 Å². The molecule has 0 bridgehead atoms. The number of rotatable bonds is 2. The van der Waals surface area contributed by atoms with Crippen molar-refractivity contribution >= 4 is 23.6 Å². The summed E-state index contributed by atoms with van der Waals surface area (Å²) in [6.07, 6.45) is 1.26. The molecule has 0 saturated heterocycles. The third-order valence-corrected chi connectivity index (χ3v) is 1.56. The van der Waals surface area contributed by atoms with E-state index in [-0.39, 0.29) is 0 Å². The Morgan fingerprint density at radius 1 is 1.64 bits per heavy atom. The van der Waals surface area contributed by atoms with Crippen molar-refractivity contribution < 1.29 is 5.32 Å². The van der Waals surface area contributed by atoms with Crippen LogP contribution in [0, 0.1) is 5.41 Å². The topological polar surface area (TPSA) is 53.4 Å². The summed E-state index contributed by atoms with van der Waals surface area (Å²) in [6, 6.07) is 3.45. The molecule has 0 saturated carbocycles. The van der Waals surface area contributed by atoms with Crippen LogP contribution in [0.15, 0.2) is 12.1 Å². The molecule has 0 amide bonds. The fourth-order valence-corrected chi connectivity index (χ4v) is 0.968. The van der Waals surface area contributed by atoms with E-state index in [1.807, 2.05) is 12.4 Å². The zero-order valence-corrected chi connectivity index (χ0v) is 6.89. The molecule has 11 heavy (non-hydrogen) atoms. The van der Waals surface area contributed by atoms with Gasteiger partial charge in [0.25, 0.3) is 0 Å². The van der Waals surface area contributed by atoms with Crippen molar-refractivity contribution in [1.82, 2.24) is 4.98 Å². The normalized spacial score (nSPS) is 9.64. The Labute approximate surface area is 69.9 Å². The second-order valence-electron chi connectivity index (χ2n) is 2.04. The number of nitrogens with two attached hydrogens (primary N) is 1. The van der Waals surface area contributed by atoms with Crippen molar-refractivity contribution in [3.05, 3.63) is 22.8 Å². The van der Waals surface area contributed by atoms with Gasteiger partial charge < -0.3 is 5.41 Å². The third kappa shape index (κ3) is 1.76. The van der Waals surface area contributed by atoms with Crippen molar-refractivity contribution in [3.63, 3.8) is 0 Å². The van der Waals surface area contributed by atoms with Crippen LogP contribution in [0.3, 0.4) is 0 Å². The SMILES string of the molecule is C[NH2+]c1nc(Cl)ccc1C=N. The van der Waals surface area contributed by atoms with Gasteiger partial charge in [-0.3, -0.25) is 5.32 Å². The number of pyridine rings is 1. The van der Waals surface area contributed by atoms with Gasteiger partial charge >= 0.3 is 0 Å². The molecule has 58 valence electrons. The van der Waals surface area contributed by atoms with Crippen molar-refractivity contribution in [3.8, 4) is 0 Å². The Hall–Kier alpha value is -0.930. The van der Waals surface area contributed by atoms with Gasteiger partial charge in [-0.1, -0.05) is 11.6 Å². The van der Waals surface area contributed by atoms with Gasteiger partial charge in [0.05, 0.1) is 12.6 Å². The summed E-state index contributed by atoms with van der Waals surface area (Å²) < 4.78 is 0. The summed E-state index contributed by atoms with van der Waals surface area (Å²) in [7, 11) is 1.87. The van der Waals surface area contributed by atoms with Crippen LogP contribution >= 0.6 is 11.6 Å². The van der Waals surface area contributed by atoms with E-state index in [4.69, 9.17) is 17.0 Å². The van der Waals surface area contributed by atoms with Gasteiger partial charge in [0.2, 0.25) is 5.82 Å². The molecule has 0 atom stereocenters. The molecule has 0 unspecified atom stereocenters. The van der Waals surface area contributed by atoms with Crippen molar-refractivity contribution in [2.24, 2.45) is 0 Å². The molecule has 0 aromatic carbocycles. The molecule has 1 aromatic heterocycles. The van der Waals surface area contributed by atoms with E-state index < -0.39 is 0 Å². The van der Waals surface area contributed by atoms with E-state index in [1.54, 1.807) is 12.1 Å². The lowest BCUT2D eigenvalue weighted by atomic mass is 10.3. The van der Waals surface area contributed by atoms with Crippen molar-refractivity contribution in [2.75, 3.05) is 7.05 Å². The largest absolute Gasteiger partial charge is 0.308 e. The van der Waals surface area contributed by atoms with Crippen LogP contribution in [0.1, 0.15) is 5.56 Å². The Kier molecular flexibility index (Phi) is 2.57. The average molecular weight is 171 g/mol. The molecule has 1 heterocycles. The predicted molar refractivity (Wildman–Crippen MR) is 44.6 cm³/mol. The highest BCUT2D eigenvalue weighted by molar-refractivity contribution is 6.29. The molecule has 0 aliphatic carbocycles. The minimum Gasteiger partial charge on any atom is -0.308 e. The molecule has 0 aliphatic rings. The fraction of sp³-hybridized carbons (Fsp3) is 0.143. The first kappa shape index (κ1) is 8.17. The molecule has 1 rings (SSSR count). The second kappa shape index (κ2) is 3.46. The number of quaternary nitrogens is 1. The van der Waals surface area contributed by atoms with Gasteiger partial charge in [0.1, 0.15) is 5.15 Å². The lowest BCUT2D eigenvalue weighted by Gasteiger charge is -1.97. The summed E-state index contributed by atoms with van der Waals surface area (Å²) in [6.45, 7) is 0. The number of aromatic nitrogens is 1. The molecule has 1 aromatic rings. The van der Waals surface area contributed by atoms with Gasteiger partial charge in [-0.15, -0.1) is 0 Å². The zero-order valence-electron chi connectivity index (χ0n) is 6.13. The quantitative estimate of drug-likeness (QED) is 0.495. The number of nitrogens with one attached hydrogen (secondary N) is 1. The minimum absolute atomic E-state index is 0.462. The van der Waals surface area contributed by atoms with Gasteiger partial charge in [0.15, 0.2) is 0 Å². The van der Waals surface area contributed by atoms with Crippen LogP contribution < -0.4 is 5.32 Å².